The normalized spacial score (nSPS) is 34.7. The van der Waals surface area contributed by atoms with Crippen LogP contribution in [0.5, 0.6) is 5.75 Å². The number of nitrogens with zero attached hydrogens (tertiary/aromatic N) is 1. The summed E-state index contributed by atoms with van der Waals surface area (Å²) in [4.78, 5) is 2.47. The number of phenolic OH excluding ortho intramolecular Hbond substituents is 1. The van der Waals surface area contributed by atoms with Gasteiger partial charge in [-0.25, -0.2) is 0 Å². The third kappa shape index (κ3) is 2.23. The third-order valence-electron chi connectivity index (χ3n) is 5.00. The van der Waals surface area contributed by atoms with E-state index in [2.05, 4.69) is 24.9 Å². The maximum atomic E-state index is 9.85. The van der Waals surface area contributed by atoms with Crippen molar-refractivity contribution in [3.05, 3.63) is 29.8 Å². The topological polar surface area (TPSA) is 32.7 Å². The number of benzene rings is 1. The van der Waals surface area contributed by atoms with Crippen LogP contribution < -0.4 is 0 Å². The van der Waals surface area contributed by atoms with Crippen molar-refractivity contribution in [1.82, 2.24) is 4.90 Å². The SMILES string of the molecule is CC[C@@H]1CN(C)[C@H]2CCCC[C@@]2(c2cccc(O)c2)O1. The molecule has 3 nitrogen and oxygen atoms in total. The van der Waals surface area contributed by atoms with Gasteiger partial charge in [0.2, 0.25) is 0 Å². The molecule has 1 aliphatic heterocycles. The number of fused-ring (bicyclic) bond motifs is 1. The van der Waals surface area contributed by atoms with Gasteiger partial charge >= 0.3 is 0 Å². The van der Waals surface area contributed by atoms with E-state index in [0.29, 0.717) is 11.8 Å². The molecule has 1 aliphatic carbocycles. The van der Waals surface area contributed by atoms with E-state index in [0.717, 1.165) is 24.9 Å². The van der Waals surface area contributed by atoms with Gasteiger partial charge in [-0.3, -0.25) is 4.90 Å². The van der Waals surface area contributed by atoms with E-state index in [1.54, 1.807) is 6.07 Å². The van der Waals surface area contributed by atoms with Crippen LogP contribution in [0.1, 0.15) is 44.6 Å². The number of ether oxygens (including phenoxy) is 1. The molecule has 1 saturated carbocycles. The van der Waals surface area contributed by atoms with Crippen LogP contribution in [0.4, 0.5) is 0 Å². The number of likely N-dealkylation sites (N-methyl/N-ethyl adjacent to an activating group) is 1. The average molecular weight is 275 g/mol. The molecule has 0 unspecified atom stereocenters. The lowest BCUT2D eigenvalue weighted by Crippen LogP contribution is -2.60. The van der Waals surface area contributed by atoms with Gasteiger partial charge in [0.15, 0.2) is 0 Å². The molecule has 0 spiro atoms. The van der Waals surface area contributed by atoms with Crippen LogP contribution >= 0.6 is 0 Å². The molecule has 1 saturated heterocycles. The zero-order valence-corrected chi connectivity index (χ0v) is 12.5. The number of phenols is 1. The monoisotopic (exact) mass is 275 g/mol. The lowest BCUT2D eigenvalue weighted by molar-refractivity contribution is -0.204. The highest BCUT2D eigenvalue weighted by molar-refractivity contribution is 5.34. The molecule has 1 aromatic carbocycles. The highest BCUT2D eigenvalue weighted by atomic mass is 16.5. The van der Waals surface area contributed by atoms with Crippen LogP contribution in [0.2, 0.25) is 0 Å². The highest BCUT2D eigenvalue weighted by Gasteiger charge is 2.49. The average Bonchev–Trinajstić information content (AvgIpc) is 2.47. The number of aromatic hydroxyl groups is 1. The first-order valence-electron chi connectivity index (χ1n) is 7.83. The van der Waals surface area contributed by atoms with Gasteiger partial charge in [0.05, 0.1) is 6.10 Å². The molecule has 1 aromatic rings. The Morgan fingerprint density at radius 1 is 1.40 bits per heavy atom. The molecule has 3 atom stereocenters. The standard InChI is InChI=1S/C17H25NO2/c1-3-15-12-18(2)16-9-4-5-10-17(16,20-15)13-7-6-8-14(19)11-13/h6-8,11,15-16,19H,3-5,9-10,12H2,1-2H3/t15-,16+,17+/m1/s1. The van der Waals surface area contributed by atoms with Gasteiger partial charge in [0.25, 0.3) is 0 Å². The Hall–Kier alpha value is -1.06. The summed E-state index contributed by atoms with van der Waals surface area (Å²) in [6.07, 6.45) is 6.05. The molecule has 0 bridgehead atoms. The fraction of sp³-hybridized carbons (Fsp3) is 0.647. The van der Waals surface area contributed by atoms with Gasteiger partial charge in [0.1, 0.15) is 11.4 Å². The summed E-state index contributed by atoms with van der Waals surface area (Å²) in [6, 6.07) is 8.11. The highest BCUT2D eigenvalue weighted by Crippen LogP contribution is 2.47. The Kier molecular flexibility index (Phi) is 3.74. The Morgan fingerprint density at radius 3 is 3.00 bits per heavy atom. The molecule has 2 fully saturated rings. The number of rotatable bonds is 2. The van der Waals surface area contributed by atoms with Crippen molar-refractivity contribution in [3.8, 4) is 5.75 Å². The Balaban J connectivity index is 2.03. The molecule has 0 radical (unpaired) electrons. The van der Waals surface area contributed by atoms with E-state index >= 15 is 0 Å². The summed E-state index contributed by atoms with van der Waals surface area (Å²) in [5.74, 6) is 0.339. The minimum absolute atomic E-state index is 0.231. The summed E-state index contributed by atoms with van der Waals surface area (Å²) in [7, 11) is 2.22. The van der Waals surface area contributed by atoms with E-state index in [4.69, 9.17) is 4.74 Å². The first-order valence-corrected chi connectivity index (χ1v) is 7.83. The van der Waals surface area contributed by atoms with Crippen molar-refractivity contribution in [2.75, 3.05) is 13.6 Å². The summed E-state index contributed by atoms with van der Waals surface area (Å²) in [5, 5.41) is 9.85. The lowest BCUT2D eigenvalue weighted by Gasteiger charge is -2.54. The van der Waals surface area contributed by atoms with Crippen molar-refractivity contribution in [3.63, 3.8) is 0 Å². The van der Waals surface area contributed by atoms with E-state index < -0.39 is 0 Å². The molecule has 1 N–H and O–H groups in total. The molecule has 0 amide bonds. The predicted molar refractivity (Wildman–Crippen MR) is 79.8 cm³/mol. The van der Waals surface area contributed by atoms with Crippen molar-refractivity contribution < 1.29 is 9.84 Å². The molecule has 2 aliphatic rings. The smallest absolute Gasteiger partial charge is 0.115 e. The molecule has 110 valence electrons. The van der Waals surface area contributed by atoms with Crippen molar-refractivity contribution >= 4 is 0 Å². The second-order valence-corrected chi connectivity index (χ2v) is 6.29. The van der Waals surface area contributed by atoms with Crippen LogP contribution in [-0.2, 0) is 10.3 Å². The summed E-state index contributed by atoms with van der Waals surface area (Å²) >= 11 is 0. The fourth-order valence-electron chi connectivity index (χ4n) is 4.01. The Bertz CT molecular complexity index is 476. The lowest BCUT2D eigenvalue weighted by atomic mass is 9.73. The van der Waals surface area contributed by atoms with Crippen molar-refractivity contribution in [2.45, 2.75) is 56.8 Å². The van der Waals surface area contributed by atoms with Gasteiger partial charge in [0, 0.05) is 12.6 Å². The number of hydrogen-bond acceptors (Lipinski definition) is 3. The maximum Gasteiger partial charge on any atom is 0.115 e. The van der Waals surface area contributed by atoms with E-state index in [-0.39, 0.29) is 11.7 Å². The van der Waals surface area contributed by atoms with Crippen LogP contribution in [0.25, 0.3) is 0 Å². The fourth-order valence-corrected chi connectivity index (χ4v) is 4.01. The number of morpholine rings is 1. The quantitative estimate of drug-likeness (QED) is 0.899. The van der Waals surface area contributed by atoms with Gasteiger partial charge in [-0.15, -0.1) is 0 Å². The van der Waals surface area contributed by atoms with Gasteiger partial charge in [-0.05, 0) is 44.0 Å². The maximum absolute atomic E-state index is 9.85. The third-order valence-corrected chi connectivity index (χ3v) is 5.00. The first-order chi connectivity index (χ1) is 9.65. The first kappa shape index (κ1) is 13.9. The van der Waals surface area contributed by atoms with Crippen LogP contribution in [0, 0.1) is 0 Å². The summed E-state index contributed by atoms with van der Waals surface area (Å²) in [6.45, 7) is 3.21. The van der Waals surface area contributed by atoms with E-state index in [9.17, 15) is 5.11 Å². The minimum Gasteiger partial charge on any atom is -0.508 e. The Morgan fingerprint density at radius 2 is 2.25 bits per heavy atom. The summed E-state index contributed by atoms with van der Waals surface area (Å²) < 4.78 is 6.59. The second kappa shape index (κ2) is 5.38. The largest absolute Gasteiger partial charge is 0.508 e. The number of hydrogen-bond donors (Lipinski definition) is 1. The molecule has 1 heterocycles. The minimum atomic E-state index is -0.231. The molecule has 0 aromatic heterocycles. The summed E-state index contributed by atoms with van der Waals surface area (Å²) in [5.41, 5.74) is 0.914. The molecular formula is C17H25NO2. The molecular weight excluding hydrogens is 250 g/mol. The van der Waals surface area contributed by atoms with Crippen molar-refractivity contribution in [2.24, 2.45) is 0 Å². The van der Waals surface area contributed by atoms with Crippen LogP contribution in [0.15, 0.2) is 24.3 Å². The Labute approximate surface area is 121 Å². The van der Waals surface area contributed by atoms with Crippen molar-refractivity contribution in [1.29, 1.82) is 0 Å². The second-order valence-electron chi connectivity index (χ2n) is 6.29. The molecule has 20 heavy (non-hydrogen) atoms. The molecule has 3 heteroatoms. The van der Waals surface area contributed by atoms with Crippen LogP contribution in [-0.4, -0.2) is 35.7 Å². The van der Waals surface area contributed by atoms with Gasteiger partial charge in [-0.2, -0.15) is 0 Å². The zero-order valence-electron chi connectivity index (χ0n) is 12.5. The van der Waals surface area contributed by atoms with Gasteiger partial charge in [-0.1, -0.05) is 31.9 Å². The van der Waals surface area contributed by atoms with E-state index in [1.807, 2.05) is 12.1 Å². The predicted octanol–water partition coefficient (Wildman–Crippen LogP) is 3.27. The zero-order chi connectivity index (χ0) is 14.2. The molecule has 3 rings (SSSR count). The van der Waals surface area contributed by atoms with E-state index in [1.165, 1.54) is 19.3 Å². The van der Waals surface area contributed by atoms with Crippen LogP contribution in [0.3, 0.4) is 0 Å². The van der Waals surface area contributed by atoms with Gasteiger partial charge < -0.3 is 9.84 Å².